The molecular formula is C12H12ClFN2O4. The molecule has 108 valence electrons. The van der Waals surface area contributed by atoms with Crippen LogP contribution in [-0.2, 0) is 16.2 Å². The van der Waals surface area contributed by atoms with E-state index in [0.29, 0.717) is 0 Å². The molecule has 8 heteroatoms. The molecule has 0 N–H and O–H groups in total. The van der Waals surface area contributed by atoms with E-state index < -0.39 is 21.8 Å². The molecule has 1 aliphatic rings. The van der Waals surface area contributed by atoms with Gasteiger partial charge in [0.15, 0.2) is 0 Å². The zero-order valence-corrected chi connectivity index (χ0v) is 11.6. The molecule has 1 amide bonds. The summed E-state index contributed by atoms with van der Waals surface area (Å²) in [7, 11) is 0. The highest BCUT2D eigenvalue weighted by molar-refractivity contribution is 6.31. The summed E-state index contributed by atoms with van der Waals surface area (Å²) >= 11 is 5.85. The van der Waals surface area contributed by atoms with Gasteiger partial charge in [-0.15, -0.1) is 0 Å². The molecule has 0 atom stereocenters. The van der Waals surface area contributed by atoms with Crippen molar-refractivity contribution in [2.45, 2.75) is 20.4 Å². The number of amides is 1. The molecule has 0 radical (unpaired) electrons. The third kappa shape index (κ3) is 2.59. The first-order valence-corrected chi connectivity index (χ1v) is 6.17. The summed E-state index contributed by atoms with van der Waals surface area (Å²) < 4.78 is 13.4. The van der Waals surface area contributed by atoms with Crippen LogP contribution in [0.25, 0.3) is 0 Å². The summed E-state index contributed by atoms with van der Waals surface area (Å²) in [6, 6.07) is 1.88. The Kier molecular flexibility index (Phi) is 3.66. The molecule has 1 fully saturated rings. The van der Waals surface area contributed by atoms with Crippen molar-refractivity contribution in [2.75, 3.05) is 6.61 Å². The van der Waals surface area contributed by atoms with Crippen LogP contribution >= 0.6 is 11.6 Å². The van der Waals surface area contributed by atoms with Gasteiger partial charge in [0, 0.05) is 11.1 Å². The summed E-state index contributed by atoms with van der Waals surface area (Å²) in [6.07, 6.45) is 0. The third-order valence-electron chi connectivity index (χ3n) is 3.01. The second-order valence-corrected chi connectivity index (χ2v) is 5.56. The Hall–Kier alpha value is -1.73. The zero-order valence-electron chi connectivity index (χ0n) is 10.9. The molecule has 0 aliphatic carbocycles. The lowest BCUT2D eigenvalue weighted by Crippen LogP contribution is -2.30. The number of hydrogen-bond donors (Lipinski definition) is 0. The molecule has 1 aliphatic heterocycles. The smallest absolute Gasteiger partial charge is 0.272 e. The van der Waals surface area contributed by atoms with Crippen molar-refractivity contribution in [1.29, 1.82) is 0 Å². The van der Waals surface area contributed by atoms with Gasteiger partial charge in [-0.1, -0.05) is 11.6 Å². The second-order valence-electron chi connectivity index (χ2n) is 5.15. The number of halogens is 2. The molecule has 0 spiro atoms. The summed E-state index contributed by atoms with van der Waals surface area (Å²) in [4.78, 5) is 27.1. The van der Waals surface area contributed by atoms with E-state index in [1.165, 1.54) is 0 Å². The number of rotatable bonds is 3. The SMILES string of the molecule is CC1(C)CON(Cc2cc([N+](=O)[O-])c(F)cc2Cl)C1=O. The van der Waals surface area contributed by atoms with Crippen molar-refractivity contribution in [3.05, 3.63) is 38.7 Å². The van der Waals surface area contributed by atoms with Gasteiger partial charge in [0.05, 0.1) is 23.5 Å². The predicted octanol–water partition coefficient (Wildman–Crippen LogP) is 2.69. The van der Waals surface area contributed by atoms with Gasteiger partial charge in [0.25, 0.3) is 5.91 Å². The largest absolute Gasteiger partial charge is 0.305 e. The minimum absolute atomic E-state index is 0.00852. The molecule has 0 bridgehead atoms. The lowest BCUT2D eigenvalue weighted by Gasteiger charge is -2.17. The summed E-state index contributed by atoms with van der Waals surface area (Å²) in [5.41, 5.74) is -1.08. The average molecular weight is 303 g/mol. The van der Waals surface area contributed by atoms with Crippen LogP contribution in [0.15, 0.2) is 12.1 Å². The van der Waals surface area contributed by atoms with Crippen LogP contribution in [0.3, 0.4) is 0 Å². The highest BCUT2D eigenvalue weighted by atomic mass is 35.5. The number of hydrogen-bond acceptors (Lipinski definition) is 4. The molecule has 2 rings (SSSR count). The van der Waals surface area contributed by atoms with Gasteiger partial charge in [-0.3, -0.25) is 19.7 Å². The Morgan fingerprint density at radius 3 is 2.70 bits per heavy atom. The van der Waals surface area contributed by atoms with Crippen LogP contribution in [0.5, 0.6) is 0 Å². The fourth-order valence-electron chi connectivity index (χ4n) is 1.81. The van der Waals surface area contributed by atoms with Crippen molar-refractivity contribution in [2.24, 2.45) is 5.41 Å². The Bertz CT molecular complexity index is 591. The number of benzene rings is 1. The average Bonchev–Trinajstić information content (AvgIpc) is 2.59. The molecule has 1 aromatic rings. The minimum atomic E-state index is -1.02. The highest BCUT2D eigenvalue weighted by Gasteiger charge is 2.40. The van der Waals surface area contributed by atoms with Gasteiger partial charge < -0.3 is 0 Å². The minimum Gasteiger partial charge on any atom is -0.272 e. The van der Waals surface area contributed by atoms with Crippen molar-refractivity contribution < 1.29 is 18.9 Å². The molecule has 0 saturated carbocycles. The molecule has 6 nitrogen and oxygen atoms in total. The fourth-order valence-corrected chi connectivity index (χ4v) is 2.02. The second kappa shape index (κ2) is 4.99. The first-order valence-electron chi connectivity index (χ1n) is 5.79. The molecule has 0 unspecified atom stereocenters. The highest BCUT2D eigenvalue weighted by Crippen LogP contribution is 2.31. The Morgan fingerprint density at radius 2 is 2.20 bits per heavy atom. The summed E-state index contributed by atoms with van der Waals surface area (Å²) in [5, 5.41) is 11.8. The molecule has 20 heavy (non-hydrogen) atoms. The van der Waals surface area contributed by atoms with Crippen molar-refractivity contribution in [3.8, 4) is 0 Å². The van der Waals surface area contributed by atoms with Crippen molar-refractivity contribution in [3.63, 3.8) is 0 Å². The van der Waals surface area contributed by atoms with Crippen LogP contribution in [0.4, 0.5) is 10.1 Å². The van der Waals surface area contributed by atoms with Gasteiger partial charge in [0.2, 0.25) is 5.82 Å². The van der Waals surface area contributed by atoms with E-state index in [2.05, 4.69) is 0 Å². The maximum Gasteiger partial charge on any atom is 0.305 e. The number of nitro groups is 1. The number of nitrogens with zero attached hydrogens (tertiary/aromatic N) is 2. The van der Waals surface area contributed by atoms with Gasteiger partial charge in [0.1, 0.15) is 0 Å². The van der Waals surface area contributed by atoms with Gasteiger partial charge in [-0.25, -0.2) is 5.06 Å². The maximum atomic E-state index is 13.4. The van der Waals surface area contributed by atoms with E-state index in [1.54, 1.807) is 13.8 Å². The van der Waals surface area contributed by atoms with Crippen molar-refractivity contribution in [1.82, 2.24) is 5.06 Å². The summed E-state index contributed by atoms with van der Waals surface area (Å²) in [6.45, 7) is 3.60. The van der Waals surface area contributed by atoms with E-state index >= 15 is 0 Å². The standard InChI is InChI=1S/C12H12ClFN2O4/c1-12(2)6-20-15(11(12)17)5-7-3-10(16(18)19)9(14)4-8(7)13/h3-4H,5-6H2,1-2H3. The Labute approximate surface area is 119 Å². The van der Waals surface area contributed by atoms with Crippen LogP contribution in [0, 0.1) is 21.3 Å². The van der Waals surface area contributed by atoms with Crippen LogP contribution < -0.4 is 0 Å². The zero-order chi connectivity index (χ0) is 15.1. The lowest BCUT2D eigenvalue weighted by atomic mass is 9.95. The quantitative estimate of drug-likeness (QED) is 0.635. The van der Waals surface area contributed by atoms with Crippen LogP contribution in [0.1, 0.15) is 19.4 Å². The first-order chi connectivity index (χ1) is 9.22. The monoisotopic (exact) mass is 302 g/mol. The first kappa shape index (κ1) is 14.7. The van der Waals surface area contributed by atoms with Gasteiger partial charge >= 0.3 is 5.69 Å². The van der Waals surface area contributed by atoms with E-state index in [4.69, 9.17) is 16.4 Å². The Balaban J connectivity index is 2.29. The predicted molar refractivity (Wildman–Crippen MR) is 68.3 cm³/mol. The molecule has 1 saturated heterocycles. The van der Waals surface area contributed by atoms with Crippen LogP contribution in [-0.4, -0.2) is 22.5 Å². The molecular weight excluding hydrogens is 291 g/mol. The number of nitro benzene ring substituents is 1. The van der Waals surface area contributed by atoms with Gasteiger partial charge in [-0.05, 0) is 25.5 Å². The van der Waals surface area contributed by atoms with Crippen LogP contribution in [0.2, 0.25) is 5.02 Å². The normalized spacial score (nSPS) is 17.6. The molecule has 0 aromatic heterocycles. The fraction of sp³-hybridized carbons (Fsp3) is 0.417. The third-order valence-corrected chi connectivity index (χ3v) is 3.37. The number of carbonyl (C=O) groups is 1. The van der Waals surface area contributed by atoms with E-state index in [-0.39, 0.29) is 29.6 Å². The molecule has 1 aromatic carbocycles. The van der Waals surface area contributed by atoms with E-state index in [9.17, 15) is 19.3 Å². The van der Waals surface area contributed by atoms with Gasteiger partial charge in [-0.2, -0.15) is 4.39 Å². The van der Waals surface area contributed by atoms with E-state index in [1.807, 2.05) is 0 Å². The van der Waals surface area contributed by atoms with E-state index in [0.717, 1.165) is 17.2 Å². The number of carbonyl (C=O) groups excluding carboxylic acids is 1. The maximum absolute atomic E-state index is 13.4. The summed E-state index contributed by atoms with van der Waals surface area (Å²) in [5.74, 6) is -1.27. The number of hydroxylamine groups is 2. The molecule has 1 heterocycles. The van der Waals surface area contributed by atoms with Crippen molar-refractivity contribution >= 4 is 23.2 Å². The lowest BCUT2D eigenvalue weighted by molar-refractivity contribution is -0.387. The Morgan fingerprint density at radius 1 is 1.55 bits per heavy atom. The topological polar surface area (TPSA) is 72.7 Å².